The van der Waals surface area contributed by atoms with E-state index in [-0.39, 0.29) is 22.7 Å². The summed E-state index contributed by atoms with van der Waals surface area (Å²) in [4.78, 5) is 34.6. The zero-order valence-corrected chi connectivity index (χ0v) is 37.1. The number of anilines is 3. The van der Waals surface area contributed by atoms with Gasteiger partial charge in [0.25, 0.3) is 0 Å². The van der Waals surface area contributed by atoms with Crippen LogP contribution >= 0.6 is 12.4 Å². The summed E-state index contributed by atoms with van der Waals surface area (Å²) in [5.41, 5.74) is 9.77. The Morgan fingerprint density at radius 3 is 1.71 bits per heavy atom. The normalized spacial score (nSPS) is 16.1. The van der Waals surface area contributed by atoms with Crippen LogP contribution in [0.5, 0.6) is 17.2 Å². The van der Waals surface area contributed by atoms with Crippen molar-refractivity contribution in [3.05, 3.63) is 106 Å². The molecule has 10 heteroatoms. The largest absolute Gasteiger partial charge is 0.147 e. The van der Waals surface area contributed by atoms with E-state index in [4.69, 9.17) is 14.2 Å². The van der Waals surface area contributed by atoms with Crippen LogP contribution < -0.4 is 28.9 Å². The molecule has 2 amide bonds. The molecule has 1 saturated heterocycles. The van der Waals surface area contributed by atoms with Gasteiger partial charge in [-0.25, -0.2) is 0 Å². The minimum absolute atomic E-state index is 0. The van der Waals surface area contributed by atoms with Gasteiger partial charge >= 0.3 is 336 Å². The van der Waals surface area contributed by atoms with E-state index >= 15 is 0 Å². The number of rotatable bonds is 11. The minimum atomic E-state index is -0.858. The number of nitrogens with zero attached hydrogens (tertiary/aromatic N) is 3. The third-order valence-electron chi connectivity index (χ3n) is 10.6. The zero-order chi connectivity index (χ0) is 39.7. The fraction of sp³-hybridized carbons (Fsp3) is 0.413. The van der Waals surface area contributed by atoms with E-state index in [1.807, 2.05) is 12.1 Å². The quantitative estimate of drug-likeness (QED) is 0.110. The molecule has 2 aliphatic heterocycles. The van der Waals surface area contributed by atoms with Crippen molar-refractivity contribution in [1.29, 1.82) is 0 Å². The third-order valence-corrected chi connectivity index (χ3v) is 13.0. The maximum absolute atomic E-state index is 14.2. The Kier molecular flexibility index (Phi) is 13.8. The maximum atomic E-state index is 14.2. The van der Waals surface area contributed by atoms with Crippen molar-refractivity contribution >= 4 is 45.9 Å². The van der Waals surface area contributed by atoms with Crippen molar-refractivity contribution in [1.82, 2.24) is 0 Å². The molecular formula is C46H57ClN3O5Ru. The number of methoxy groups -OCH3 is 2. The first-order valence-electron chi connectivity index (χ1n) is 19.4. The van der Waals surface area contributed by atoms with Gasteiger partial charge in [-0.2, -0.15) is 0 Å². The molecule has 0 saturated carbocycles. The number of carbonyl (C=O) groups is 2. The van der Waals surface area contributed by atoms with Crippen LogP contribution in [-0.2, 0) is 21.5 Å². The number of hydrogen-bond donors (Lipinski definition) is 0. The molecule has 0 aliphatic carbocycles. The Balaban J connectivity index is 0.00000600. The number of halogens is 1. The Labute approximate surface area is 347 Å². The first-order valence-corrected chi connectivity index (χ1v) is 21.4. The second-order valence-electron chi connectivity index (χ2n) is 15.6. The molecule has 0 spiro atoms. The predicted octanol–water partition coefficient (Wildman–Crippen LogP) is 10.1. The van der Waals surface area contributed by atoms with E-state index in [2.05, 4.69) is 106 Å². The summed E-state index contributed by atoms with van der Waals surface area (Å²) in [6.45, 7) is 21.9. The van der Waals surface area contributed by atoms with Crippen LogP contribution in [0.2, 0.25) is 0 Å². The number of carbonyl (C=O) groups excluding carboxylic acids is 2. The fourth-order valence-electron chi connectivity index (χ4n) is 7.71. The molecule has 1 unspecified atom stereocenters. The first-order chi connectivity index (χ1) is 26.3. The van der Waals surface area contributed by atoms with Gasteiger partial charge in [0.05, 0.1) is 0 Å². The number of benzene rings is 4. The summed E-state index contributed by atoms with van der Waals surface area (Å²) in [5, 5.41) is 0. The predicted molar refractivity (Wildman–Crippen MR) is 228 cm³/mol. The van der Waals surface area contributed by atoms with E-state index in [0.717, 1.165) is 18.7 Å². The molecule has 0 N–H and O–H groups in total. The summed E-state index contributed by atoms with van der Waals surface area (Å²) in [6.07, 6.45) is -0.858. The topological polar surface area (TPSA) is 71.6 Å². The Morgan fingerprint density at radius 2 is 1.25 bits per heavy atom. The average Bonchev–Trinajstić information content (AvgIpc) is 3.59. The maximum Gasteiger partial charge on any atom is -0.147 e. The summed E-state index contributed by atoms with van der Waals surface area (Å²) in [5.74, 6) is 1.96. The summed E-state index contributed by atoms with van der Waals surface area (Å²) >= 11 is -0.472. The van der Waals surface area contributed by atoms with Gasteiger partial charge in [0, 0.05) is 0 Å². The summed E-state index contributed by atoms with van der Waals surface area (Å²) in [6, 6.07) is 24.4. The van der Waals surface area contributed by atoms with Crippen molar-refractivity contribution in [2.45, 2.75) is 96.8 Å². The van der Waals surface area contributed by atoms with E-state index in [1.165, 1.54) is 45.6 Å². The van der Waals surface area contributed by atoms with Gasteiger partial charge in [0.1, 0.15) is 0 Å². The fourth-order valence-corrected chi connectivity index (χ4v) is 10.2. The summed E-state index contributed by atoms with van der Waals surface area (Å²) in [7, 11) is 3.06. The van der Waals surface area contributed by atoms with E-state index < -0.39 is 34.6 Å². The van der Waals surface area contributed by atoms with Gasteiger partial charge in [0.2, 0.25) is 0 Å². The van der Waals surface area contributed by atoms with Crippen LogP contribution in [0.3, 0.4) is 0 Å². The van der Waals surface area contributed by atoms with Crippen LogP contribution in [0.15, 0.2) is 72.8 Å². The molecule has 1 atom stereocenters. The molecule has 0 bridgehead atoms. The Morgan fingerprint density at radius 1 is 0.750 bits per heavy atom. The molecule has 8 nitrogen and oxygen atoms in total. The number of ether oxygens (including phenoxy) is 3. The molecule has 56 heavy (non-hydrogen) atoms. The third kappa shape index (κ3) is 8.13. The second-order valence-corrected chi connectivity index (χ2v) is 17.6. The number of hydrogen-bond acceptors (Lipinski definition) is 7. The van der Waals surface area contributed by atoms with Crippen molar-refractivity contribution < 1.29 is 40.5 Å². The molecule has 0 radical (unpaired) electrons. The molecule has 4 aromatic rings. The van der Waals surface area contributed by atoms with Crippen LogP contribution in [-0.4, -0.2) is 54.6 Å². The van der Waals surface area contributed by atoms with Gasteiger partial charge in [-0.1, -0.05) is 0 Å². The van der Waals surface area contributed by atoms with Gasteiger partial charge in [0.15, 0.2) is 0 Å². The number of fused-ring (bicyclic) bond motifs is 1. The molecule has 2 heterocycles. The van der Waals surface area contributed by atoms with Crippen molar-refractivity contribution in [3.8, 4) is 17.2 Å². The summed E-state index contributed by atoms with van der Waals surface area (Å²) < 4.78 is 19.7. The van der Waals surface area contributed by atoms with E-state index in [1.54, 1.807) is 38.3 Å². The molecule has 0 aromatic heterocycles. The molecule has 301 valence electrons. The smallest absolute Gasteiger partial charge is 0.147 e. The van der Waals surface area contributed by atoms with Crippen molar-refractivity contribution in [2.24, 2.45) is 0 Å². The van der Waals surface area contributed by atoms with Crippen LogP contribution in [0.1, 0.15) is 124 Å². The van der Waals surface area contributed by atoms with Crippen LogP contribution in [0, 0.1) is 0 Å². The monoisotopic (exact) mass is 868 g/mol. The van der Waals surface area contributed by atoms with Crippen molar-refractivity contribution in [2.75, 3.05) is 42.0 Å². The Bertz CT molecular complexity index is 1970. The molecule has 1 fully saturated rings. The number of para-hydroxylation sites is 3. The van der Waals surface area contributed by atoms with Crippen molar-refractivity contribution in [3.63, 3.8) is 0 Å². The van der Waals surface area contributed by atoms with Gasteiger partial charge in [-0.05, 0) is 0 Å². The minimum Gasteiger partial charge on any atom is -0.147 e. The molecule has 6 rings (SSSR count). The zero-order valence-electron chi connectivity index (χ0n) is 34.5. The second kappa shape index (κ2) is 17.9. The Hall–Kier alpha value is -4.20. The number of imide groups is 1. The standard InChI is InChI=1S/C27H39N2.C19H17NO5.ClH.Ru/c1-18(2)22-11-9-12-23(19(3)4)26(22)28-15-16-29(17-28)27-24(20(5)6)13-10-14-25(27)21(7)8;1-11-6-5-7-15-17(11)25-12(2)18(21)20(15)19(22)14-9-8-13(23-3)10-16(14)24-4;;/h9-14,17-21H,15-16H2,1-8H3;1,5-10,12H,2-4H3;1H;. The SMILES string of the molecule is COc1ccc(C(=O)N2C(=O)C(C)Oc3c(/[CH]=[Ru]/[CH]4N(c5c(C(C)C)cccc5C(C)C)CCN4c4c(C(C)C)cccc4C(C)C)cccc32)c(OC)c1.Cl. The van der Waals surface area contributed by atoms with Gasteiger partial charge in [-0.15, -0.1) is 12.4 Å². The molecule has 2 aliphatic rings. The van der Waals surface area contributed by atoms with Gasteiger partial charge < -0.3 is 0 Å². The number of amides is 2. The average molecular weight is 869 g/mol. The van der Waals surface area contributed by atoms with E-state index in [9.17, 15) is 9.59 Å². The van der Waals surface area contributed by atoms with Crippen LogP contribution in [0.25, 0.3) is 0 Å². The van der Waals surface area contributed by atoms with Crippen LogP contribution in [0.4, 0.5) is 17.1 Å². The first kappa shape index (κ1) is 42.9. The molecular weight excluding hydrogens is 811 g/mol. The van der Waals surface area contributed by atoms with E-state index in [0.29, 0.717) is 46.6 Å². The van der Waals surface area contributed by atoms with Gasteiger partial charge in [-0.3, -0.25) is 0 Å². The molecule has 4 aromatic carbocycles.